The van der Waals surface area contributed by atoms with Crippen LogP contribution in [0.3, 0.4) is 0 Å². The molecule has 4 rings (SSSR count). The minimum atomic E-state index is -2.06. The molecule has 0 aliphatic heterocycles. The number of carbonyl (C=O) groups is 2. The molecule has 0 saturated heterocycles. The third-order valence-corrected chi connectivity index (χ3v) is 8.92. The largest absolute Gasteiger partial charge is 0.481 e. The quantitative estimate of drug-likeness (QED) is 0.103. The van der Waals surface area contributed by atoms with Gasteiger partial charge in [-0.25, -0.2) is 0 Å². The fourth-order valence-corrected chi connectivity index (χ4v) is 6.48. The summed E-state index contributed by atoms with van der Waals surface area (Å²) in [5, 5.41) is 30.7. The molecule has 0 saturated carbocycles. The summed E-state index contributed by atoms with van der Waals surface area (Å²) in [5.74, 6) is -2.36. The van der Waals surface area contributed by atoms with E-state index >= 15 is 0 Å². The van der Waals surface area contributed by atoms with Crippen molar-refractivity contribution < 1.29 is 24.9 Å². The van der Waals surface area contributed by atoms with E-state index in [1.54, 1.807) is 0 Å². The minimum absolute atomic E-state index is 0.0596. The van der Waals surface area contributed by atoms with Crippen LogP contribution in [0.4, 0.5) is 0 Å². The molecule has 230 valence electrons. The molecule has 44 heavy (non-hydrogen) atoms. The van der Waals surface area contributed by atoms with Crippen molar-refractivity contribution in [2.75, 3.05) is 6.61 Å². The van der Waals surface area contributed by atoms with Crippen molar-refractivity contribution in [2.45, 2.75) is 62.3 Å². The summed E-state index contributed by atoms with van der Waals surface area (Å²) < 4.78 is 0. The Balaban J connectivity index is 1.59. The molecule has 0 spiro atoms. The van der Waals surface area contributed by atoms with Crippen molar-refractivity contribution in [3.05, 3.63) is 144 Å². The molecule has 4 aromatic rings. The van der Waals surface area contributed by atoms with E-state index < -0.39 is 29.5 Å². The van der Waals surface area contributed by atoms with Crippen molar-refractivity contribution in [2.24, 2.45) is 11.1 Å². The van der Waals surface area contributed by atoms with Crippen molar-refractivity contribution in [3.63, 3.8) is 0 Å². The van der Waals surface area contributed by atoms with E-state index in [-0.39, 0.29) is 31.1 Å². The second-order valence-corrected chi connectivity index (χ2v) is 11.9. The predicted molar refractivity (Wildman–Crippen MR) is 173 cm³/mol. The van der Waals surface area contributed by atoms with Gasteiger partial charge in [0.15, 0.2) is 0 Å². The molecule has 0 aliphatic rings. The summed E-state index contributed by atoms with van der Waals surface area (Å²) in [5.41, 5.74) is 7.26. The number of nitrogens with two attached hydrogens (primary N) is 1. The normalized spacial score (nSPS) is 13.1. The second kappa shape index (κ2) is 15.5. The first-order valence-corrected chi connectivity index (χ1v) is 15.3. The van der Waals surface area contributed by atoms with E-state index in [2.05, 4.69) is 48.5 Å². The van der Waals surface area contributed by atoms with Crippen molar-refractivity contribution in [3.8, 4) is 0 Å². The molecule has 4 aromatic carbocycles. The van der Waals surface area contributed by atoms with Crippen molar-refractivity contribution in [1.82, 2.24) is 0 Å². The first kappa shape index (κ1) is 32.6. The molecule has 0 bridgehead atoms. The lowest BCUT2D eigenvalue weighted by molar-refractivity contribution is -0.156. The lowest BCUT2D eigenvalue weighted by Crippen LogP contribution is -2.56. The van der Waals surface area contributed by atoms with E-state index in [0.717, 1.165) is 22.3 Å². The fraction of sp³-hybridized carbons (Fsp3) is 0.316. The molecule has 0 radical (unpaired) electrons. The number of hydrogen-bond acceptors (Lipinski definition) is 4. The number of benzene rings is 4. The summed E-state index contributed by atoms with van der Waals surface area (Å²) in [4.78, 5) is 25.3. The SMILES string of the molecule is N[C@@](CO)(CC(CCCC(c1ccccc1)c1ccccc1)(CCCC(c1ccccc1)c1ccccc1)C(=O)O)C(=O)O. The van der Waals surface area contributed by atoms with Gasteiger partial charge < -0.3 is 21.1 Å². The summed E-state index contributed by atoms with van der Waals surface area (Å²) in [6.07, 6.45) is 2.58. The molecule has 0 aliphatic carbocycles. The van der Waals surface area contributed by atoms with E-state index in [1.807, 2.05) is 72.8 Å². The van der Waals surface area contributed by atoms with E-state index in [0.29, 0.717) is 25.7 Å². The van der Waals surface area contributed by atoms with Crippen molar-refractivity contribution >= 4 is 11.9 Å². The van der Waals surface area contributed by atoms with Gasteiger partial charge >= 0.3 is 11.9 Å². The average Bonchev–Trinajstić information content (AvgIpc) is 3.06. The molecule has 0 unspecified atom stereocenters. The number of carboxylic acids is 2. The molecular formula is C38H43NO5. The van der Waals surface area contributed by atoms with Crippen LogP contribution in [0.1, 0.15) is 79.0 Å². The van der Waals surface area contributed by atoms with Crippen LogP contribution in [-0.4, -0.2) is 39.4 Å². The van der Waals surface area contributed by atoms with Gasteiger partial charge in [0.05, 0.1) is 12.0 Å². The van der Waals surface area contributed by atoms with Crippen LogP contribution in [0.25, 0.3) is 0 Å². The Morgan fingerprint density at radius 1 is 0.568 bits per heavy atom. The standard InChI is InChI=1S/C38H43NO5/c39-38(28-40,36(43)44)27-37(35(41)42,25-13-23-33(29-15-5-1-6-16-29)30-17-7-2-8-18-30)26-14-24-34(31-19-9-3-10-20-31)32-21-11-4-12-22-32/h1-12,15-22,33-34,40H,13-14,23-28,39H2,(H,41,42)(H,43,44)/t38-/m1/s1. The van der Waals surface area contributed by atoms with E-state index in [1.165, 1.54) is 0 Å². The predicted octanol–water partition coefficient (Wildman–Crippen LogP) is 7.23. The highest BCUT2D eigenvalue weighted by Gasteiger charge is 2.47. The maximum Gasteiger partial charge on any atom is 0.326 e. The Bertz CT molecular complexity index is 1280. The van der Waals surface area contributed by atoms with Gasteiger partial charge in [-0.3, -0.25) is 9.59 Å². The second-order valence-electron chi connectivity index (χ2n) is 11.9. The molecule has 0 aromatic heterocycles. The minimum Gasteiger partial charge on any atom is -0.481 e. The fourth-order valence-electron chi connectivity index (χ4n) is 6.48. The van der Waals surface area contributed by atoms with Gasteiger partial charge in [-0.1, -0.05) is 134 Å². The third-order valence-electron chi connectivity index (χ3n) is 8.92. The molecular weight excluding hydrogens is 550 g/mol. The van der Waals surface area contributed by atoms with Crippen LogP contribution in [0, 0.1) is 5.41 Å². The number of aliphatic carboxylic acids is 2. The third kappa shape index (κ3) is 8.22. The summed E-state index contributed by atoms with van der Waals surface area (Å²) in [6.45, 7) is -0.843. The first-order chi connectivity index (χ1) is 21.3. The molecule has 6 heteroatoms. The zero-order valence-corrected chi connectivity index (χ0v) is 25.1. The summed E-state index contributed by atoms with van der Waals surface area (Å²) in [6, 6.07) is 40.5. The van der Waals surface area contributed by atoms with E-state index in [4.69, 9.17) is 5.73 Å². The van der Waals surface area contributed by atoms with Gasteiger partial charge in [0.2, 0.25) is 0 Å². The smallest absolute Gasteiger partial charge is 0.326 e. The topological polar surface area (TPSA) is 121 Å². The van der Waals surface area contributed by atoms with Crippen LogP contribution in [0.2, 0.25) is 0 Å². The Labute approximate surface area is 260 Å². The highest BCUT2D eigenvalue weighted by Crippen LogP contribution is 2.42. The van der Waals surface area contributed by atoms with Gasteiger partial charge in [-0.2, -0.15) is 0 Å². The van der Waals surface area contributed by atoms with Crippen LogP contribution < -0.4 is 5.73 Å². The van der Waals surface area contributed by atoms with Gasteiger partial charge in [0.1, 0.15) is 5.54 Å². The average molecular weight is 594 g/mol. The molecule has 0 heterocycles. The number of carboxylic acid groups (broad SMARTS) is 2. The maximum absolute atomic E-state index is 13.1. The highest BCUT2D eigenvalue weighted by molar-refractivity contribution is 5.81. The molecule has 6 nitrogen and oxygen atoms in total. The molecule has 5 N–H and O–H groups in total. The van der Waals surface area contributed by atoms with Crippen LogP contribution >= 0.6 is 0 Å². The first-order valence-electron chi connectivity index (χ1n) is 15.3. The maximum atomic E-state index is 13.1. The molecule has 1 atom stereocenters. The number of rotatable bonds is 17. The van der Waals surface area contributed by atoms with Crippen molar-refractivity contribution in [1.29, 1.82) is 0 Å². The Morgan fingerprint density at radius 2 is 0.886 bits per heavy atom. The van der Waals surface area contributed by atoms with Gasteiger partial charge in [-0.15, -0.1) is 0 Å². The highest BCUT2D eigenvalue weighted by atomic mass is 16.4. The van der Waals surface area contributed by atoms with Crippen LogP contribution in [-0.2, 0) is 9.59 Å². The number of hydrogen-bond donors (Lipinski definition) is 4. The zero-order chi connectivity index (χ0) is 31.4. The molecule has 0 fully saturated rings. The Hall–Kier alpha value is -4.26. The van der Waals surface area contributed by atoms with Crippen LogP contribution in [0.15, 0.2) is 121 Å². The van der Waals surface area contributed by atoms with Crippen LogP contribution in [0.5, 0.6) is 0 Å². The summed E-state index contributed by atoms with van der Waals surface area (Å²) in [7, 11) is 0. The lowest BCUT2D eigenvalue weighted by Gasteiger charge is -2.36. The van der Waals surface area contributed by atoms with Gasteiger partial charge in [0.25, 0.3) is 0 Å². The number of aliphatic hydroxyl groups is 1. The zero-order valence-electron chi connectivity index (χ0n) is 25.1. The monoisotopic (exact) mass is 593 g/mol. The Morgan fingerprint density at radius 3 is 1.14 bits per heavy atom. The lowest BCUT2D eigenvalue weighted by atomic mass is 9.68. The van der Waals surface area contributed by atoms with E-state index in [9.17, 15) is 24.9 Å². The number of aliphatic hydroxyl groups excluding tert-OH is 1. The Kier molecular flexibility index (Phi) is 11.5. The van der Waals surface area contributed by atoms with Gasteiger partial charge in [-0.05, 0) is 54.4 Å². The summed E-state index contributed by atoms with van der Waals surface area (Å²) >= 11 is 0. The van der Waals surface area contributed by atoms with Gasteiger partial charge in [0, 0.05) is 11.8 Å². The molecule has 0 amide bonds.